The maximum absolute atomic E-state index is 3.30. The van der Waals surface area contributed by atoms with Crippen molar-refractivity contribution in [3.63, 3.8) is 0 Å². The predicted molar refractivity (Wildman–Crippen MR) is 35.0 cm³/mol. The van der Waals surface area contributed by atoms with Crippen molar-refractivity contribution < 1.29 is 0 Å². The van der Waals surface area contributed by atoms with Gasteiger partial charge in [0.1, 0.15) is 0 Å². The van der Waals surface area contributed by atoms with Crippen LogP contribution in [0.25, 0.3) is 0 Å². The summed E-state index contributed by atoms with van der Waals surface area (Å²) in [6.45, 7) is 4.52. The summed E-state index contributed by atoms with van der Waals surface area (Å²) >= 11 is 0. The van der Waals surface area contributed by atoms with Gasteiger partial charge in [-0.2, -0.15) is 0 Å². The van der Waals surface area contributed by atoms with Crippen LogP contribution in [0.3, 0.4) is 0 Å². The van der Waals surface area contributed by atoms with Crippen LogP contribution in [0.5, 0.6) is 0 Å². The molecule has 0 aromatic carbocycles. The monoisotopic (exact) mass is 114 g/mol. The van der Waals surface area contributed by atoms with E-state index in [2.05, 4.69) is 17.6 Å². The van der Waals surface area contributed by atoms with Crippen molar-refractivity contribution in [2.45, 2.75) is 18.9 Å². The van der Waals surface area contributed by atoms with Crippen LogP contribution in [0.1, 0.15) is 13.3 Å². The molecule has 0 radical (unpaired) electrons. The lowest BCUT2D eigenvalue weighted by Crippen LogP contribution is -2.41. The van der Waals surface area contributed by atoms with Crippen LogP contribution in [0.2, 0.25) is 0 Å². The van der Waals surface area contributed by atoms with Crippen LogP contribution in [0.4, 0.5) is 0 Å². The van der Waals surface area contributed by atoms with Gasteiger partial charge in [-0.1, -0.05) is 0 Å². The van der Waals surface area contributed by atoms with Gasteiger partial charge in [0.2, 0.25) is 0 Å². The van der Waals surface area contributed by atoms with Crippen molar-refractivity contribution in [1.29, 1.82) is 0 Å². The molecule has 1 aliphatic heterocycles. The molecule has 1 fully saturated rings. The molecule has 0 spiro atoms. The lowest BCUT2D eigenvalue weighted by atomic mass is 10.0. The van der Waals surface area contributed by atoms with Gasteiger partial charge >= 0.3 is 0 Å². The van der Waals surface area contributed by atoms with Crippen molar-refractivity contribution in [3.8, 4) is 0 Å². The molecule has 1 heterocycles. The first-order chi connectivity index (χ1) is 3.77. The third-order valence-electron chi connectivity index (χ3n) is 1.97. The molecule has 1 saturated heterocycles. The standard InChI is InChI=1S/C6H14N2/c1-6(7-2)3-4-8-5-6/h7-8H,3-5H2,1-2H3/t6-/m0/s1. The SMILES string of the molecule is CN[C@@]1(C)CCNC1. The first-order valence-electron chi connectivity index (χ1n) is 3.16. The van der Waals surface area contributed by atoms with Gasteiger partial charge in [0, 0.05) is 12.1 Å². The number of rotatable bonds is 1. The Morgan fingerprint density at radius 3 is 2.62 bits per heavy atom. The Labute approximate surface area is 50.7 Å². The van der Waals surface area contributed by atoms with Gasteiger partial charge in [-0.05, 0) is 26.9 Å². The summed E-state index contributed by atoms with van der Waals surface area (Å²) in [5.41, 5.74) is 0.375. The van der Waals surface area contributed by atoms with Crippen LogP contribution >= 0.6 is 0 Å². The highest BCUT2D eigenvalue weighted by molar-refractivity contribution is 4.89. The molecule has 8 heavy (non-hydrogen) atoms. The zero-order chi connectivity index (χ0) is 6.04. The molecular formula is C6H14N2. The molecule has 1 rings (SSSR count). The number of hydrogen-bond acceptors (Lipinski definition) is 2. The topological polar surface area (TPSA) is 24.1 Å². The fourth-order valence-electron chi connectivity index (χ4n) is 1.03. The molecule has 0 saturated carbocycles. The Bertz CT molecular complexity index is 74.6. The zero-order valence-electron chi connectivity index (χ0n) is 5.62. The molecule has 1 aliphatic rings. The van der Waals surface area contributed by atoms with Crippen LogP contribution in [-0.4, -0.2) is 25.7 Å². The lowest BCUT2D eigenvalue weighted by molar-refractivity contribution is 0.424. The summed E-state index contributed by atoms with van der Waals surface area (Å²) in [7, 11) is 2.02. The fraction of sp³-hybridized carbons (Fsp3) is 1.00. The molecule has 1 atom stereocenters. The van der Waals surface area contributed by atoms with Crippen LogP contribution in [-0.2, 0) is 0 Å². The Morgan fingerprint density at radius 2 is 2.38 bits per heavy atom. The van der Waals surface area contributed by atoms with E-state index >= 15 is 0 Å². The highest BCUT2D eigenvalue weighted by Crippen LogP contribution is 2.10. The zero-order valence-corrected chi connectivity index (χ0v) is 5.62. The minimum Gasteiger partial charge on any atom is -0.315 e. The summed E-state index contributed by atoms with van der Waals surface area (Å²) < 4.78 is 0. The van der Waals surface area contributed by atoms with Gasteiger partial charge in [-0.25, -0.2) is 0 Å². The second-order valence-electron chi connectivity index (χ2n) is 2.74. The maximum atomic E-state index is 3.30. The van der Waals surface area contributed by atoms with Crippen LogP contribution in [0, 0.1) is 0 Å². The summed E-state index contributed by atoms with van der Waals surface area (Å²) in [6, 6.07) is 0. The number of nitrogens with one attached hydrogen (secondary N) is 2. The van der Waals surface area contributed by atoms with E-state index in [1.54, 1.807) is 0 Å². The Kier molecular flexibility index (Phi) is 1.54. The highest BCUT2D eigenvalue weighted by Gasteiger charge is 2.25. The van der Waals surface area contributed by atoms with Gasteiger partial charge in [-0.15, -0.1) is 0 Å². The van der Waals surface area contributed by atoms with Gasteiger partial charge < -0.3 is 10.6 Å². The third kappa shape index (κ3) is 1.01. The smallest absolute Gasteiger partial charge is 0.0287 e. The second kappa shape index (κ2) is 2.03. The molecule has 2 N–H and O–H groups in total. The molecule has 0 amide bonds. The fourth-order valence-corrected chi connectivity index (χ4v) is 1.03. The van der Waals surface area contributed by atoms with E-state index in [1.807, 2.05) is 7.05 Å². The lowest BCUT2D eigenvalue weighted by Gasteiger charge is -2.20. The normalized spacial score (nSPS) is 38.2. The highest BCUT2D eigenvalue weighted by atomic mass is 15.1. The van der Waals surface area contributed by atoms with E-state index in [4.69, 9.17) is 0 Å². The predicted octanol–water partition coefficient (Wildman–Crippen LogP) is -0.0422. The second-order valence-corrected chi connectivity index (χ2v) is 2.74. The van der Waals surface area contributed by atoms with Crippen molar-refractivity contribution in [2.24, 2.45) is 0 Å². The van der Waals surface area contributed by atoms with Crippen molar-refractivity contribution in [3.05, 3.63) is 0 Å². The quantitative estimate of drug-likeness (QED) is 0.500. The molecule has 0 aromatic heterocycles. The average Bonchev–Trinajstić information content (AvgIpc) is 2.17. The van der Waals surface area contributed by atoms with Crippen LogP contribution < -0.4 is 10.6 Å². The van der Waals surface area contributed by atoms with Crippen molar-refractivity contribution in [2.75, 3.05) is 20.1 Å². The molecule has 0 aromatic rings. The van der Waals surface area contributed by atoms with Crippen molar-refractivity contribution in [1.82, 2.24) is 10.6 Å². The van der Waals surface area contributed by atoms with E-state index in [1.165, 1.54) is 6.42 Å². The molecular weight excluding hydrogens is 100 g/mol. The largest absolute Gasteiger partial charge is 0.315 e. The molecule has 0 unspecified atom stereocenters. The minimum absolute atomic E-state index is 0.375. The first kappa shape index (κ1) is 6.05. The summed E-state index contributed by atoms with van der Waals surface area (Å²) in [4.78, 5) is 0. The van der Waals surface area contributed by atoms with E-state index < -0.39 is 0 Å². The Balaban J connectivity index is 2.40. The van der Waals surface area contributed by atoms with E-state index in [9.17, 15) is 0 Å². The average molecular weight is 114 g/mol. The number of likely N-dealkylation sites (N-methyl/N-ethyl adjacent to an activating group) is 1. The van der Waals surface area contributed by atoms with E-state index in [0.717, 1.165) is 13.1 Å². The van der Waals surface area contributed by atoms with Crippen molar-refractivity contribution >= 4 is 0 Å². The van der Waals surface area contributed by atoms with Gasteiger partial charge in [0.15, 0.2) is 0 Å². The van der Waals surface area contributed by atoms with Gasteiger partial charge in [0.25, 0.3) is 0 Å². The Hall–Kier alpha value is -0.0800. The molecule has 48 valence electrons. The molecule has 2 heteroatoms. The summed E-state index contributed by atoms with van der Waals surface area (Å²) in [5.74, 6) is 0. The first-order valence-corrected chi connectivity index (χ1v) is 3.16. The Morgan fingerprint density at radius 1 is 1.62 bits per heavy atom. The molecule has 0 aliphatic carbocycles. The molecule has 0 bridgehead atoms. The third-order valence-corrected chi connectivity index (χ3v) is 1.97. The van der Waals surface area contributed by atoms with Crippen LogP contribution in [0.15, 0.2) is 0 Å². The van der Waals surface area contributed by atoms with E-state index in [-0.39, 0.29) is 0 Å². The van der Waals surface area contributed by atoms with Gasteiger partial charge in [0.05, 0.1) is 0 Å². The minimum atomic E-state index is 0.375. The number of hydrogen-bond donors (Lipinski definition) is 2. The van der Waals surface area contributed by atoms with E-state index in [0.29, 0.717) is 5.54 Å². The maximum Gasteiger partial charge on any atom is 0.0287 e. The van der Waals surface area contributed by atoms with Gasteiger partial charge in [-0.3, -0.25) is 0 Å². The summed E-state index contributed by atoms with van der Waals surface area (Å²) in [6.07, 6.45) is 1.25. The summed E-state index contributed by atoms with van der Waals surface area (Å²) in [5, 5.41) is 6.58. The molecule has 2 nitrogen and oxygen atoms in total.